The first-order valence-electron chi connectivity index (χ1n) is 7.99. The molecule has 1 aromatic carbocycles. The fourth-order valence-corrected chi connectivity index (χ4v) is 2.58. The Kier molecular flexibility index (Phi) is 5.95. The van der Waals surface area contributed by atoms with Gasteiger partial charge in [-0.1, -0.05) is 0 Å². The normalized spacial score (nSPS) is 17.5. The van der Waals surface area contributed by atoms with Gasteiger partial charge in [-0.05, 0) is 63.9 Å². The number of anilines is 1. The average molecular weight is 303 g/mol. The molecule has 5 heteroatoms. The van der Waals surface area contributed by atoms with Crippen LogP contribution < -0.4 is 16.0 Å². The second-order valence-electron chi connectivity index (χ2n) is 6.09. The summed E-state index contributed by atoms with van der Waals surface area (Å²) in [6.45, 7) is 4.91. The van der Waals surface area contributed by atoms with Crippen LogP contribution in [0.25, 0.3) is 0 Å². The van der Waals surface area contributed by atoms with Gasteiger partial charge in [-0.15, -0.1) is 0 Å². The first-order valence-corrected chi connectivity index (χ1v) is 7.99. The van der Waals surface area contributed by atoms with Crippen molar-refractivity contribution in [1.82, 2.24) is 10.6 Å². The van der Waals surface area contributed by atoms with Crippen molar-refractivity contribution >= 4 is 17.5 Å². The van der Waals surface area contributed by atoms with Crippen molar-refractivity contribution in [3.63, 3.8) is 0 Å². The molecule has 5 nitrogen and oxygen atoms in total. The number of benzene rings is 1. The summed E-state index contributed by atoms with van der Waals surface area (Å²) in [4.78, 5) is 23.7. The lowest BCUT2D eigenvalue weighted by Gasteiger charge is -2.11. The fraction of sp³-hybridized carbons (Fsp3) is 0.529. The van der Waals surface area contributed by atoms with E-state index in [9.17, 15) is 9.59 Å². The maximum absolute atomic E-state index is 11.9. The highest BCUT2D eigenvalue weighted by molar-refractivity contribution is 5.95. The van der Waals surface area contributed by atoms with Gasteiger partial charge in [0.15, 0.2) is 0 Å². The molecule has 1 fully saturated rings. The van der Waals surface area contributed by atoms with Gasteiger partial charge in [-0.2, -0.15) is 0 Å². The van der Waals surface area contributed by atoms with Crippen LogP contribution in [0.15, 0.2) is 24.3 Å². The van der Waals surface area contributed by atoms with Crippen molar-refractivity contribution in [3.8, 4) is 0 Å². The molecule has 1 saturated heterocycles. The molecule has 1 unspecified atom stereocenters. The molecule has 120 valence electrons. The molecular weight excluding hydrogens is 278 g/mol. The Morgan fingerprint density at radius 3 is 2.59 bits per heavy atom. The zero-order valence-corrected chi connectivity index (χ0v) is 13.3. The third-order valence-corrected chi connectivity index (χ3v) is 3.73. The van der Waals surface area contributed by atoms with Crippen LogP contribution in [0.2, 0.25) is 0 Å². The maximum atomic E-state index is 11.9. The number of carbonyl (C=O) groups is 2. The highest BCUT2D eigenvalue weighted by atomic mass is 16.2. The lowest BCUT2D eigenvalue weighted by atomic mass is 10.1. The molecule has 0 bridgehead atoms. The number of hydrogen-bond acceptors (Lipinski definition) is 3. The van der Waals surface area contributed by atoms with Crippen LogP contribution in [-0.4, -0.2) is 30.4 Å². The van der Waals surface area contributed by atoms with E-state index in [0.717, 1.165) is 25.1 Å². The number of rotatable bonds is 6. The van der Waals surface area contributed by atoms with Gasteiger partial charge in [0.1, 0.15) is 0 Å². The summed E-state index contributed by atoms with van der Waals surface area (Å²) in [7, 11) is 0. The van der Waals surface area contributed by atoms with Gasteiger partial charge >= 0.3 is 0 Å². The quantitative estimate of drug-likeness (QED) is 0.755. The van der Waals surface area contributed by atoms with E-state index in [0.29, 0.717) is 18.0 Å². The van der Waals surface area contributed by atoms with Gasteiger partial charge in [0, 0.05) is 29.8 Å². The van der Waals surface area contributed by atoms with Crippen molar-refractivity contribution in [2.24, 2.45) is 0 Å². The molecule has 1 atom stereocenters. The predicted molar refractivity (Wildman–Crippen MR) is 87.9 cm³/mol. The molecule has 0 spiro atoms. The summed E-state index contributed by atoms with van der Waals surface area (Å²) in [6, 6.07) is 7.57. The molecular formula is C17H25N3O2. The number of amides is 2. The zero-order chi connectivity index (χ0) is 15.9. The van der Waals surface area contributed by atoms with Crippen LogP contribution in [0, 0.1) is 0 Å². The highest BCUT2D eigenvalue weighted by Gasteiger charge is 2.15. The van der Waals surface area contributed by atoms with Gasteiger partial charge in [0.05, 0.1) is 0 Å². The minimum atomic E-state index is -0.0971. The molecule has 1 heterocycles. The number of nitrogens with one attached hydrogen (secondary N) is 3. The molecule has 0 radical (unpaired) electrons. The Labute approximate surface area is 131 Å². The van der Waals surface area contributed by atoms with Crippen LogP contribution in [0.5, 0.6) is 0 Å². The smallest absolute Gasteiger partial charge is 0.251 e. The molecule has 0 saturated carbocycles. The Morgan fingerprint density at radius 2 is 2.00 bits per heavy atom. The van der Waals surface area contributed by atoms with E-state index >= 15 is 0 Å². The van der Waals surface area contributed by atoms with Crippen LogP contribution in [0.4, 0.5) is 5.69 Å². The molecule has 0 aliphatic carbocycles. The fourth-order valence-electron chi connectivity index (χ4n) is 2.58. The molecule has 0 aromatic heterocycles. The monoisotopic (exact) mass is 303 g/mol. The molecule has 1 aliphatic heterocycles. The van der Waals surface area contributed by atoms with Crippen molar-refractivity contribution in [1.29, 1.82) is 0 Å². The third kappa shape index (κ3) is 5.15. The average Bonchev–Trinajstić information content (AvgIpc) is 2.98. The summed E-state index contributed by atoms with van der Waals surface area (Å²) < 4.78 is 0. The first-order chi connectivity index (χ1) is 10.5. The van der Waals surface area contributed by atoms with E-state index in [4.69, 9.17) is 0 Å². The Hall–Kier alpha value is -1.88. The van der Waals surface area contributed by atoms with Crippen LogP contribution in [0.3, 0.4) is 0 Å². The maximum Gasteiger partial charge on any atom is 0.251 e. The van der Waals surface area contributed by atoms with E-state index in [1.807, 2.05) is 13.8 Å². The van der Waals surface area contributed by atoms with Gasteiger partial charge in [0.25, 0.3) is 5.91 Å². The van der Waals surface area contributed by atoms with Crippen molar-refractivity contribution in [3.05, 3.63) is 29.8 Å². The molecule has 22 heavy (non-hydrogen) atoms. The summed E-state index contributed by atoms with van der Waals surface area (Å²) in [5, 5.41) is 9.10. The van der Waals surface area contributed by atoms with E-state index in [1.165, 1.54) is 6.42 Å². The lowest BCUT2D eigenvalue weighted by molar-refractivity contribution is -0.116. The minimum absolute atomic E-state index is 0.0214. The Balaban J connectivity index is 1.80. The van der Waals surface area contributed by atoms with Crippen LogP contribution in [-0.2, 0) is 4.79 Å². The van der Waals surface area contributed by atoms with E-state index in [2.05, 4.69) is 16.0 Å². The van der Waals surface area contributed by atoms with Gasteiger partial charge < -0.3 is 16.0 Å². The minimum Gasteiger partial charge on any atom is -0.350 e. The Morgan fingerprint density at radius 1 is 1.27 bits per heavy atom. The van der Waals surface area contributed by atoms with Gasteiger partial charge in [-0.25, -0.2) is 0 Å². The number of carbonyl (C=O) groups excluding carboxylic acids is 2. The lowest BCUT2D eigenvalue weighted by Crippen LogP contribution is -2.30. The third-order valence-electron chi connectivity index (χ3n) is 3.73. The summed E-state index contributed by atoms with van der Waals surface area (Å²) in [6.07, 6.45) is 3.76. The SMILES string of the molecule is CC(C)NC(=O)c1ccc(NC(=O)CCC2CCCN2)cc1. The van der Waals surface area contributed by atoms with E-state index in [1.54, 1.807) is 24.3 Å². The topological polar surface area (TPSA) is 70.2 Å². The summed E-state index contributed by atoms with van der Waals surface area (Å²) in [5.41, 5.74) is 1.33. The van der Waals surface area contributed by atoms with Crippen molar-refractivity contribution < 1.29 is 9.59 Å². The standard InChI is InChI=1S/C17H25N3O2/c1-12(2)19-17(22)13-5-7-15(8-6-13)20-16(21)10-9-14-4-3-11-18-14/h5-8,12,14,18H,3-4,9-11H2,1-2H3,(H,19,22)(H,20,21). The molecule has 1 aromatic rings. The second kappa shape index (κ2) is 7.94. The van der Waals surface area contributed by atoms with Crippen molar-refractivity contribution in [2.45, 2.75) is 51.6 Å². The first kappa shape index (κ1) is 16.5. The predicted octanol–water partition coefficient (Wildman–Crippen LogP) is 2.30. The van der Waals surface area contributed by atoms with Crippen molar-refractivity contribution in [2.75, 3.05) is 11.9 Å². The van der Waals surface area contributed by atoms with Gasteiger partial charge in [-0.3, -0.25) is 9.59 Å². The molecule has 2 amide bonds. The molecule has 2 rings (SSSR count). The molecule has 3 N–H and O–H groups in total. The largest absolute Gasteiger partial charge is 0.350 e. The summed E-state index contributed by atoms with van der Waals surface area (Å²) >= 11 is 0. The van der Waals surface area contributed by atoms with Crippen LogP contribution >= 0.6 is 0 Å². The zero-order valence-electron chi connectivity index (χ0n) is 13.3. The number of hydrogen-bond donors (Lipinski definition) is 3. The molecule has 1 aliphatic rings. The van der Waals surface area contributed by atoms with Crippen LogP contribution in [0.1, 0.15) is 49.9 Å². The van der Waals surface area contributed by atoms with E-state index < -0.39 is 0 Å². The second-order valence-corrected chi connectivity index (χ2v) is 6.09. The Bertz CT molecular complexity index is 505. The highest BCUT2D eigenvalue weighted by Crippen LogP contribution is 2.13. The summed E-state index contributed by atoms with van der Waals surface area (Å²) in [5.74, 6) is -0.0757. The van der Waals surface area contributed by atoms with Gasteiger partial charge in [0.2, 0.25) is 5.91 Å². The van der Waals surface area contributed by atoms with E-state index in [-0.39, 0.29) is 17.9 Å².